The van der Waals surface area contributed by atoms with Crippen molar-refractivity contribution in [2.24, 2.45) is 0 Å². The fraction of sp³-hybridized carbons (Fsp3) is 0.357. The molecule has 24 heavy (non-hydrogen) atoms. The van der Waals surface area contributed by atoms with E-state index in [2.05, 4.69) is 5.32 Å². The minimum absolute atomic E-state index is 0.0829. The fourth-order valence-corrected chi connectivity index (χ4v) is 3.92. The number of anilines is 1. The predicted octanol–water partition coefficient (Wildman–Crippen LogP) is -0.286. The van der Waals surface area contributed by atoms with Gasteiger partial charge in [-0.3, -0.25) is 4.79 Å². The summed E-state index contributed by atoms with van der Waals surface area (Å²) in [6.45, 7) is 0.202. The van der Waals surface area contributed by atoms with E-state index in [1.54, 1.807) is 17.9 Å². The Kier molecular flexibility index (Phi) is 4.20. The van der Waals surface area contributed by atoms with Crippen molar-refractivity contribution in [1.82, 2.24) is 10.0 Å². The summed E-state index contributed by atoms with van der Waals surface area (Å²) in [7, 11) is -2.66. The molecule has 1 fully saturated rings. The highest BCUT2D eigenvalue weighted by Crippen LogP contribution is 2.37. The normalized spacial score (nSPS) is 22.6. The summed E-state index contributed by atoms with van der Waals surface area (Å²) in [5, 5.41) is 13.0. The molecule has 0 aliphatic carbocycles. The van der Waals surface area contributed by atoms with Crippen molar-refractivity contribution in [3.8, 4) is 5.75 Å². The number of methoxy groups -OCH3 is 1. The van der Waals surface area contributed by atoms with Gasteiger partial charge in [-0.25, -0.2) is 13.4 Å². The van der Waals surface area contributed by atoms with Gasteiger partial charge in [-0.2, -0.15) is 8.42 Å². The van der Waals surface area contributed by atoms with Crippen molar-refractivity contribution >= 4 is 27.4 Å². The van der Waals surface area contributed by atoms with Gasteiger partial charge in [0.05, 0.1) is 6.61 Å². The topological polar surface area (TPSA) is 108 Å². The summed E-state index contributed by atoms with van der Waals surface area (Å²) in [5.41, 5.74) is 0.233. The maximum atomic E-state index is 14.9. The van der Waals surface area contributed by atoms with Crippen LogP contribution in [-0.4, -0.2) is 52.3 Å². The van der Waals surface area contributed by atoms with E-state index in [9.17, 15) is 22.7 Å². The van der Waals surface area contributed by atoms with Crippen LogP contribution in [0.15, 0.2) is 18.2 Å². The molecule has 3 rings (SSSR count). The molecule has 2 aliphatic rings. The fourth-order valence-electron chi connectivity index (χ4n) is 2.76. The number of amides is 1. The molecule has 8 nitrogen and oxygen atoms in total. The van der Waals surface area contributed by atoms with E-state index < -0.39 is 39.9 Å². The molecule has 1 aromatic carbocycles. The first-order chi connectivity index (χ1) is 11.3. The Bertz CT molecular complexity index is 824. The first kappa shape index (κ1) is 16.7. The van der Waals surface area contributed by atoms with Crippen LogP contribution >= 0.6 is 0 Å². The standard InChI is InChI=1S/C14H16FN3O5S/c1-23-7-9-4-8(5-16-9)10-2-3-11(19)14(13(10)15)18-6-12(20)17-24(18,21)22/h2-4,9,16,19H,5-7H2,1H3,(H,17,20). The molecule has 2 aliphatic heterocycles. The average molecular weight is 357 g/mol. The molecule has 10 heteroatoms. The first-order valence-electron chi connectivity index (χ1n) is 7.11. The summed E-state index contributed by atoms with van der Waals surface area (Å²) in [6.07, 6.45) is 1.78. The van der Waals surface area contributed by atoms with Gasteiger partial charge >= 0.3 is 10.2 Å². The predicted molar refractivity (Wildman–Crippen MR) is 84.1 cm³/mol. The van der Waals surface area contributed by atoms with Gasteiger partial charge < -0.3 is 15.2 Å². The van der Waals surface area contributed by atoms with Crippen molar-refractivity contribution in [3.05, 3.63) is 29.6 Å². The molecule has 0 spiro atoms. The van der Waals surface area contributed by atoms with Gasteiger partial charge in [0.25, 0.3) is 5.91 Å². The third-order valence-corrected chi connectivity index (χ3v) is 5.19. The van der Waals surface area contributed by atoms with E-state index >= 15 is 0 Å². The number of ether oxygens (including phenoxy) is 1. The Morgan fingerprint density at radius 1 is 1.46 bits per heavy atom. The number of carbonyl (C=O) groups excluding carboxylic acids is 1. The third-order valence-electron chi connectivity index (χ3n) is 3.81. The van der Waals surface area contributed by atoms with E-state index in [1.807, 2.05) is 0 Å². The second kappa shape index (κ2) is 6.04. The van der Waals surface area contributed by atoms with Crippen LogP contribution in [0.5, 0.6) is 5.75 Å². The minimum atomic E-state index is -4.22. The van der Waals surface area contributed by atoms with Gasteiger partial charge in [-0.15, -0.1) is 0 Å². The van der Waals surface area contributed by atoms with Crippen LogP contribution in [0.1, 0.15) is 5.56 Å². The van der Waals surface area contributed by atoms with E-state index in [0.29, 0.717) is 23.0 Å². The highest BCUT2D eigenvalue weighted by molar-refractivity contribution is 7.92. The lowest BCUT2D eigenvalue weighted by Gasteiger charge is -2.18. The molecule has 0 saturated carbocycles. The van der Waals surface area contributed by atoms with E-state index in [-0.39, 0.29) is 11.6 Å². The quantitative estimate of drug-likeness (QED) is 0.684. The maximum absolute atomic E-state index is 14.9. The van der Waals surface area contributed by atoms with E-state index in [4.69, 9.17) is 4.74 Å². The maximum Gasteiger partial charge on any atom is 0.326 e. The Hall–Kier alpha value is -2.17. The van der Waals surface area contributed by atoms with Crippen LogP contribution in [-0.2, 0) is 19.7 Å². The molecule has 2 heterocycles. The molecule has 0 aromatic heterocycles. The summed E-state index contributed by atoms with van der Waals surface area (Å²) in [5.74, 6) is -2.25. The summed E-state index contributed by atoms with van der Waals surface area (Å²) in [6, 6.07) is 2.49. The number of nitrogens with one attached hydrogen (secondary N) is 2. The van der Waals surface area contributed by atoms with Gasteiger partial charge in [-0.1, -0.05) is 6.08 Å². The Morgan fingerprint density at radius 2 is 2.21 bits per heavy atom. The second-order valence-corrected chi connectivity index (χ2v) is 7.06. The summed E-state index contributed by atoms with van der Waals surface area (Å²) >= 11 is 0. The molecule has 1 saturated heterocycles. The van der Waals surface area contributed by atoms with Crippen LogP contribution in [0.25, 0.3) is 5.57 Å². The lowest BCUT2D eigenvalue weighted by Crippen LogP contribution is -2.30. The Balaban J connectivity index is 2.04. The zero-order valence-corrected chi connectivity index (χ0v) is 13.6. The first-order valence-corrected chi connectivity index (χ1v) is 8.55. The highest BCUT2D eigenvalue weighted by Gasteiger charge is 2.38. The number of hydrogen-bond donors (Lipinski definition) is 3. The number of carbonyl (C=O) groups is 1. The molecule has 1 aromatic rings. The number of phenolic OH excluding ortho intramolecular Hbond substituents is 1. The molecule has 1 amide bonds. The SMILES string of the molecule is COCC1C=C(c2ccc(O)c(N3CC(=O)NS3(=O)=O)c2F)CN1. The van der Waals surface area contributed by atoms with Crippen molar-refractivity contribution in [2.75, 3.05) is 31.1 Å². The lowest BCUT2D eigenvalue weighted by atomic mass is 10.0. The van der Waals surface area contributed by atoms with E-state index in [0.717, 1.165) is 0 Å². The molecule has 1 atom stereocenters. The molecule has 0 radical (unpaired) electrons. The van der Waals surface area contributed by atoms with Crippen molar-refractivity contribution in [2.45, 2.75) is 6.04 Å². The number of benzene rings is 1. The molecule has 0 bridgehead atoms. The number of halogens is 1. The molecule has 3 N–H and O–H groups in total. The van der Waals surface area contributed by atoms with E-state index in [1.165, 1.54) is 12.1 Å². The van der Waals surface area contributed by atoms with Crippen LogP contribution in [0.2, 0.25) is 0 Å². The summed E-state index contributed by atoms with van der Waals surface area (Å²) < 4.78 is 46.1. The van der Waals surface area contributed by atoms with Crippen molar-refractivity contribution in [1.29, 1.82) is 0 Å². The van der Waals surface area contributed by atoms with Crippen LogP contribution < -0.4 is 14.3 Å². The highest BCUT2D eigenvalue weighted by atomic mass is 32.2. The molecule has 1 unspecified atom stereocenters. The number of hydrogen-bond acceptors (Lipinski definition) is 6. The van der Waals surface area contributed by atoms with Gasteiger partial charge in [0.2, 0.25) is 0 Å². The Labute approximate surface area is 138 Å². The monoisotopic (exact) mass is 357 g/mol. The number of nitrogens with zero attached hydrogens (tertiary/aromatic N) is 1. The Morgan fingerprint density at radius 3 is 2.83 bits per heavy atom. The number of rotatable bonds is 4. The van der Waals surface area contributed by atoms with Crippen molar-refractivity contribution in [3.63, 3.8) is 0 Å². The van der Waals surface area contributed by atoms with Crippen LogP contribution in [0.4, 0.5) is 10.1 Å². The average Bonchev–Trinajstić information content (AvgIpc) is 3.04. The van der Waals surface area contributed by atoms with Gasteiger partial charge in [-0.05, 0) is 17.7 Å². The largest absolute Gasteiger partial charge is 0.506 e. The third kappa shape index (κ3) is 2.83. The number of aromatic hydroxyl groups is 1. The van der Waals surface area contributed by atoms with Crippen LogP contribution in [0, 0.1) is 5.82 Å². The van der Waals surface area contributed by atoms with Crippen molar-refractivity contribution < 1.29 is 27.4 Å². The van der Waals surface area contributed by atoms with Gasteiger partial charge in [0.1, 0.15) is 18.0 Å². The van der Waals surface area contributed by atoms with Gasteiger partial charge in [0.15, 0.2) is 5.82 Å². The minimum Gasteiger partial charge on any atom is -0.506 e. The van der Waals surface area contributed by atoms with Crippen LogP contribution in [0.3, 0.4) is 0 Å². The zero-order chi connectivity index (χ0) is 17.5. The smallest absolute Gasteiger partial charge is 0.326 e. The molecular weight excluding hydrogens is 341 g/mol. The molecule has 130 valence electrons. The van der Waals surface area contributed by atoms with Gasteiger partial charge in [0, 0.05) is 25.3 Å². The second-order valence-electron chi connectivity index (χ2n) is 5.47. The summed E-state index contributed by atoms with van der Waals surface area (Å²) in [4.78, 5) is 11.3. The molecular formula is C14H16FN3O5S. The lowest BCUT2D eigenvalue weighted by molar-refractivity contribution is -0.117. The number of phenols is 1. The zero-order valence-electron chi connectivity index (χ0n) is 12.7.